The zero-order chi connectivity index (χ0) is 27.1. The number of rotatable bonds is 18. The minimum absolute atomic E-state index is 0.251. The first-order valence-electron chi connectivity index (χ1n) is 13.4. The Morgan fingerprint density at radius 3 is 1.00 bits per heavy atom. The first-order valence-corrected chi connectivity index (χ1v) is 14.9. The summed E-state index contributed by atoms with van der Waals surface area (Å²) in [4.78, 5) is 0. The molecule has 0 aliphatic heterocycles. The van der Waals surface area contributed by atoms with Crippen molar-refractivity contribution in [3.63, 3.8) is 0 Å². The van der Waals surface area contributed by atoms with Crippen molar-refractivity contribution < 1.29 is 32.3 Å². The Kier molecular flexibility index (Phi) is 12.2. The van der Waals surface area contributed by atoms with Crippen molar-refractivity contribution in [3.8, 4) is 34.5 Å². The van der Waals surface area contributed by atoms with Crippen LogP contribution in [0.4, 0.5) is 0 Å². The van der Waals surface area contributed by atoms with Gasteiger partial charge in [-0.2, -0.15) is 4.57 Å². The highest BCUT2D eigenvalue weighted by atomic mass is 31.2. The largest absolute Gasteiger partial charge is 0.647 e. The second-order valence-corrected chi connectivity index (χ2v) is 10.1. The second kappa shape index (κ2) is 15.8. The van der Waals surface area contributed by atoms with Gasteiger partial charge in [-0.3, -0.25) is 0 Å². The van der Waals surface area contributed by atoms with Gasteiger partial charge in [-0.05, 0) is 55.7 Å². The number of ether oxygens (including phenoxy) is 3. The molecule has 3 aromatic carbocycles. The average Bonchev–Trinajstić information content (AvgIpc) is 2.92. The lowest BCUT2D eigenvalue weighted by Crippen LogP contribution is -2.10. The number of phosphoric acid groups is 1. The molecule has 8 heteroatoms. The lowest BCUT2D eigenvalue weighted by molar-refractivity contribution is 0.255. The molecular formula is C30H39O7P. The minimum atomic E-state index is -4.32. The van der Waals surface area contributed by atoms with Gasteiger partial charge < -0.3 is 27.8 Å². The fourth-order valence-corrected chi connectivity index (χ4v) is 4.62. The third-order valence-electron chi connectivity index (χ3n) is 5.44. The maximum Gasteiger partial charge on any atom is 0.647 e. The third kappa shape index (κ3) is 9.21. The van der Waals surface area contributed by atoms with Gasteiger partial charge in [-0.1, -0.05) is 76.4 Å². The zero-order valence-electron chi connectivity index (χ0n) is 22.6. The zero-order valence-corrected chi connectivity index (χ0v) is 23.5. The standard InChI is InChI=1S/C30H39O7P/c1-4-7-22-32-25-16-10-13-19-28(25)35-38(31,36-29-20-14-11-17-26(29)33-23-8-5-2)37-30-21-15-12-18-27(30)34-24-9-6-3/h10-21H,4-9,22-24H2,1-3H3. The van der Waals surface area contributed by atoms with Crippen LogP contribution in [-0.2, 0) is 4.57 Å². The summed E-state index contributed by atoms with van der Waals surface area (Å²) in [6.45, 7) is 7.77. The summed E-state index contributed by atoms with van der Waals surface area (Å²) in [6.07, 6.45) is 5.59. The Morgan fingerprint density at radius 1 is 0.474 bits per heavy atom. The molecule has 7 nitrogen and oxygen atoms in total. The lowest BCUT2D eigenvalue weighted by atomic mass is 10.3. The van der Waals surface area contributed by atoms with Crippen molar-refractivity contribution in [1.82, 2.24) is 0 Å². The van der Waals surface area contributed by atoms with E-state index in [1.807, 2.05) is 18.2 Å². The number of para-hydroxylation sites is 6. The highest BCUT2D eigenvalue weighted by Gasteiger charge is 2.36. The molecule has 0 aromatic heterocycles. The number of hydrogen-bond acceptors (Lipinski definition) is 7. The summed E-state index contributed by atoms with van der Waals surface area (Å²) in [5.74, 6) is 2.11. The van der Waals surface area contributed by atoms with Crippen molar-refractivity contribution in [2.75, 3.05) is 19.8 Å². The molecule has 3 rings (SSSR count). The molecule has 0 saturated carbocycles. The predicted octanol–water partition coefficient (Wildman–Crippen LogP) is 8.87. The van der Waals surface area contributed by atoms with Crippen LogP contribution in [0.1, 0.15) is 59.3 Å². The molecule has 0 unspecified atom stereocenters. The molecule has 0 spiro atoms. The van der Waals surface area contributed by atoms with E-state index in [0.29, 0.717) is 37.1 Å². The summed E-state index contributed by atoms with van der Waals surface area (Å²) >= 11 is 0. The number of hydrogen-bond donors (Lipinski definition) is 0. The van der Waals surface area contributed by atoms with Crippen molar-refractivity contribution in [2.45, 2.75) is 59.3 Å². The van der Waals surface area contributed by atoms with Gasteiger partial charge in [-0.25, -0.2) is 0 Å². The van der Waals surface area contributed by atoms with Crippen LogP contribution in [0.3, 0.4) is 0 Å². The van der Waals surface area contributed by atoms with Crippen LogP contribution in [0.25, 0.3) is 0 Å². The molecule has 0 aliphatic rings. The first kappa shape index (κ1) is 29.2. The van der Waals surface area contributed by atoms with Crippen LogP contribution >= 0.6 is 7.82 Å². The van der Waals surface area contributed by atoms with E-state index in [1.54, 1.807) is 54.6 Å². The molecule has 0 amide bonds. The van der Waals surface area contributed by atoms with Gasteiger partial charge in [0.25, 0.3) is 0 Å². The molecule has 206 valence electrons. The van der Waals surface area contributed by atoms with E-state index in [-0.39, 0.29) is 17.2 Å². The van der Waals surface area contributed by atoms with Crippen LogP contribution in [-0.4, -0.2) is 19.8 Å². The molecule has 3 aromatic rings. The lowest BCUT2D eigenvalue weighted by Gasteiger charge is -2.22. The minimum Gasteiger partial charge on any atom is -0.490 e. The molecule has 38 heavy (non-hydrogen) atoms. The van der Waals surface area contributed by atoms with Gasteiger partial charge in [0.15, 0.2) is 34.5 Å². The van der Waals surface area contributed by atoms with Crippen LogP contribution in [0.5, 0.6) is 34.5 Å². The third-order valence-corrected chi connectivity index (χ3v) is 6.71. The van der Waals surface area contributed by atoms with Crippen LogP contribution in [0, 0.1) is 0 Å². The van der Waals surface area contributed by atoms with Crippen LogP contribution < -0.4 is 27.8 Å². The van der Waals surface area contributed by atoms with Gasteiger partial charge in [0.05, 0.1) is 19.8 Å². The molecule has 0 bridgehead atoms. The Morgan fingerprint density at radius 2 is 0.737 bits per heavy atom. The second-order valence-electron chi connectivity index (χ2n) is 8.67. The van der Waals surface area contributed by atoms with Crippen molar-refractivity contribution in [2.24, 2.45) is 0 Å². The number of unbranched alkanes of at least 4 members (excludes halogenated alkanes) is 3. The average molecular weight is 543 g/mol. The Balaban J connectivity index is 1.94. The topological polar surface area (TPSA) is 72.5 Å². The fourth-order valence-electron chi connectivity index (χ4n) is 3.33. The highest BCUT2D eigenvalue weighted by molar-refractivity contribution is 7.49. The van der Waals surface area contributed by atoms with Crippen molar-refractivity contribution >= 4 is 7.82 Å². The molecule has 0 heterocycles. The maximum absolute atomic E-state index is 14.3. The maximum atomic E-state index is 14.3. The Hall–Kier alpha value is -3.31. The van der Waals surface area contributed by atoms with Crippen molar-refractivity contribution in [1.29, 1.82) is 0 Å². The summed E-state index contributed by atoms with van der Waals surface area (Å²) in [7, 11) is -4.32. The molecule has 0 saturated heterocycles. The first-order chi connectivity index (χ1) is 18.6. The predicted molar refractivity (Wildman–Crippen MR) is 150 cm³/mol. The number of phosphoric ester groups is 1. The van der Waals surface area contributed by atoms with Crippen LogP contribution in [0.2, 0.25) is 0 Å². The normalized spacial score (nSPS) is 11.0. The molecule has 0 fully saturated rings. The van der Waals surface area contributed by atoms with Gasteiger partial charge in [0, 0.05) is 0 Å². The van der Waals surface area contributed by atoms with E-state index in [2.05, 4.69) is 20.8 Å². The monoisotopic (exact) mass is 542 g/mol. The SMILES string of the molecule is CCCCOc1ccccc1OP(=O)(Oc1ccccc1OCCCC)Oc1ccccc1OCCCC. The quantitative estimate of drug-likeness (QED) is 0.117. The summed E-state index contributed by atoms with van der Waals surface area (Å²) < 4.78 is 50.0. The Labute approximate surface area is 226 Å². The van der Waals surface area contributed by atoms with Gasteiger partial charge >= 0.3 is 7.82 Å². The van der Waals surface area contributed by atoms with Crippen molar-refractivity contribution in [3.05, 3.63) is 72.8 Å². The molecule has 0 N–H and O–H groups in total. The molecule has 0 radical (unpaired) electrons. The summed E-state index contributed by atoms with van der Waals surface area (Å²) in [5.41, 5.74) is 0. The van der Waals surface area contributed by atoms with E-state index in [9.17, 15) is 4.57 Å². The van der Waals surface area contributed by atoms with E-state index in [1.165, 1.54) is 0 Å². The summed E-state index contributed by atoms with van der Waals surface area (Å²) in [5, 5.41) is 0. The van der Waals surface area contributed by atoms with E-state index < -0.39 is 7.82 Å². The van der Waals surface area contributed by atoms with E-state index in [0.717, 1.165) is 38.5 Å². The van der Waals surface area contributed by atoms with Gasteiger partial charge in [0.2, 0.25) is 0 Å². The molecule has 0 aliphatic carbocycles. The van der Waals surface area contributed by atoms with E-state index in [4.69, 9.17) is 27.8 Å². The van der Waals surface area contributed by atoms with Crippen LogP contribution in [0.15, 0.2) is 72.8 Å². The summed E-state index contributed by atoms with van der Waals surface area (Å²) in [6, 6.07) is 21.1. The fraction of sp³-hybridized carbons (Fsp3) is 0.400. The molecular weight excluding hydrogens is 503 g/mol. The highest BCUT2D eigenvalue weighted by Crippen LogP contribution is 2.54. The Bertz CT molecular complexity index is 1010. The number of benzene rings is 3. The van der Waals surface area contributed by atoms with Gasteiger partial charge in [0.1, 0.15) is 0 Å². The molecule has 0 atom stereocenters. The van der Waals surface area contributed by atoms with E-state index >= 15 is 0 Å². The smallest absolute Gasteiger partial charge is 0.490 e. The van der Waals surface area contributed by atoms with Gasteiger partial charge in [-0.15, -0.1) is 0 Å².